The molecule has 0 aliphatic rings. The molecule has 0 bridgehead atoms. The van der Waals surface area contributed by atoms with Crippen molar-refractivity contribution in [1.29, 1.82) is 0 Å². The van der Waals surface area contributed by atoms with Crippen LogP contribution < -0.4 is 4.74 Å². The van der Waals surface area contributed by atoms with Gasteiger partial charge < -0.3 is 14.9 Å². The fraction of sp³-hybridized carbons (Fsp3) is 0.0571. The Hall–Kier alpha value is -4.93. The van der Waals surface area contributed by atoms with E-state index in [2.05, 4.69) is 0 Å². The van der Waals surface area contributed by atoms with E-state index < -0.39 is 18.0 Å². The van der Waals surface area contributed by atoms with Crippen LogP contribution in [0.2, 0.25) is 0 Å². The van der Waals surface area contributed by atoms with Crippen LogP contribution in [0.1, 0.15) is 23.1 Å². The maximum absolute atomic E-state index is 14.0. The SMILES string of the molecule is O=C(Oc1ccc2ccccc2c1-c1c(O)ccc2ccccc12)[C@H](c1ccccc1)[C@H](O)c1ccccc1. The molecule has 190 valence electrons. The molecule has 0 amide bonds. The highest BCUT2D eigenvalue weighted by Crippen LogP contribution is 2.45. The number of carbonyl (C=O) groups is 1. The molecule has 0 aromatic heterocycles. The first-order valence-corrected chi connectivity index (χ1v) is 12.8. The minimum atomic E-state index is -1.11. The third kappa shape index (κ3) is 4.63. The molecule has 2 atom stereocenters. The van der Waals surface area contributed by atoms with Crippen LogP contribution >= 0.6 is 0 Å². The van der Waals surface area contributed by atoms with Crippen molar-refractivity contribution in [2.75, 3.05) is 0 Å². The van der Waals surface area contributed by atoms with E-state index in [9.17, 15) is 15.0 Å². The van der Waals surface area contributed by atoms with E-state index in [0.717, 1.165) is 21.5 Å². The smallest absolute Gasteiger partial charge is 0.321 e. The highest BCUT2D eigenvalue weighted by molar-refractivity contribution is 6.10. The number of aromatic hydroxyl groups is 1. The van der Waals surface area contributed by atoms with Crippen molar-refractivity contribution in [3.63, 3.8) is 0 Å². The quantitative estimate of drug-likeness (QED) is 0.177. The standard InChI is InChI=1S/C35H26O4/c36-29-21-19-23-11-7-9-17-27(23)32(29)33-28-18-10-8-12-24(28)20-22-30(33)39-35(38)31(25-13-3-1-4-14-25)34(37)26-15-5-2-6-16-26/h1-22,31,34,36-37H/t31-,34-/m1/s1. The number of phenols is 1. The number of ether oxygens (including phenoxy) is 1. The predicted molar refractivity (Wildman–Crippen MR) is 155 cm³/mol. The Morgan fingerprint density at radius 3 is 1.72 bits per heavy atom. The lowest BCUT2D eigenvalue weighted by Gasteiger charge is -2.23. The van der Waals surface area contributed by atoms with Crippen LogP contribution in [0.15, 0.2) is 133 Å². The van der Waals surface area contributed by atoms with E-state index in [4.69, 9.17) is 4.74 Å². The molecule has 2 N–H and O–H groups in total. The van der Waals surface area contributed by atoms with Gasteiger partial charge in [0.1, 0.15) is 17.4 Å². The molecule has 0 unspecified atom stereocenters. The maximum Gasteiger partial charge on any atom is 0.321 e. The molecule has 6 rings (SSSR count). The molecular formula is C35H26O4. The van der Waals surface area contributed by atoms with E-state index >= 15 is 0 Å². The molecular weight excluding hydrogens is 484 g/mol. The van der Waals surface area contributed by atoms with E-state index in [-0.39, 0.29) is 5.75 Å². The van der Waals surface area contributed by atoms with Gasteiger partial charge in [0.15, 0.2) is 0 Å². The Morgan fingerprint density at radius 1 is 0.564 bits per heavy atom. The van der Waals surface area contributed by atoms with Gasteiger partial charge in [0, 0.05) is 11.1 Å². The lowest BCUT2D eigenvalue weighted by atomic mass is 9.89. The van der Waals surface area contributed by atoms with Crippen LogP contribution in [0.4, 0.5) is 0 Å². The zero-order valence-electron chi connectivity index (χ0n) is 21.1. The van der Waals surface area contributed by atoms with Gasteiger partial charge in [-0.2, -0.15) is 0 Å². The van der Waals surface area contributed by atoms with Crippen molar-refractivity contribution < 1.29 is 19.7 Å². The van der Waals surface area contributed by atoms with E-state index in [1.807, 2.05) is 109 Å². The zero-order chi connectivity index (χ0) is 26.8. The number of hydrogen-bond donors (Lipinski definition) is 2. The molecule has 0 aliphatic heterocycles. The summed E-state index contributed by atoms with van der Waals surface area (Å²) in [6.45, 7) is 0. The number of rotatable bonds is 6. The summed E-state index contributed by atoms with van der Waals surface area (Å²) in [7, 11) is 0. The minimum absolute atomic E-state index is 0.0891. The van der Waals surface area contributed by atoms with Gasteiger partial charge in [-0.05, 0) is 44.8 Å². The number of aliphatic hydroxyl groups excluding tert-OH is 1. The monoisotopic (exact) mass is 510 g/mol. The Morgan fingerprint density at radius 2 is 1.08 bits per heavy atom. The summed E-state index contributed by atoms with van der Waals surface area (Å²) < 4.78 is 6.16. The molecule has 4 nitrogen and oxygen atoms in total. The number of esters is 1. The van der Waals surface area contributed by atoms with Crippen LogP contribution in [-0.4, -0.2) is 16.2 Å². The van der Waals surface area contributed by atoms with Gasteiger partial charge in [-0.25, -0.2) is 0 Å². The Kier molecular flexibility index (Phi) is 6.54. The molecule has 0 fully saturated rings. The van der Waals surface area contributed by atoms with Crippen LogP contribution in [0, 0.1) is 0 Å². The molecule has 0 aliphatic carbocycles. The summed E-state index contributed by atoms with van der Waals surface area (Å²) in [6, 6.07) is 41.1. The van der Waals surface area contributed by atoms with Gasteiger partial charge in [-0.1, -0.05) is 121 Å². The third-order valence-electron chi connectivity index (χ3n) is 7.13. The van der Waals surface area contributed by atoms with Crippen LogP contribution in [-0.2, 0) is 4.79 Å². The normalized spacial score (nSPS) is 12.7. The van der Waals surface area contributed by atoms with Crippen molar-refractivity contribution in [3.8, 4) is 22.6 Å². The second-order valence-electron chi connectivity index (χ2n) is 9.51. The number of aliphatic hydroxyl groups is 1. The van der Waals surface area contributed by atoms with Crippen molar-refractivity contribution in [3.05, 3.63) is 145 Å². The first-order chi connectivity index (χ1) is 19.1. The third-order valence-corrected chi connectivity index (χ3v) is 7.13. The summed E-state index contributed by atoms with van der Waals surface area (Å²) in [5, 5.41) is 26.1. The van der Waals surface area contributed by atoms with Gasteiger partial charge >= 0.3 is 5.97 Å². The molecule has 0 saturated heterocycles. The van der Waals surface area contributed by atoms with Crippen molar-refractivity contribution in [1.82, 2.24) is 0 Å². The molecule has 0 radical (unpaired) electrons. The average Bonchev–Trinajstić information content (AvgIpc) is 2.98. The van der Waals surface area contributed by atoms with Crippen LogP contribution in [0.25, 0.3) is 32.7 Å². The van der Waals surface area contributed by atoms with E-state index in [0.29, 0.717) is 28.0 Å². The molecule has 0 saturated carbocycles. The molecule has 6 aromatic rings. The second-order valence-corrected chi connectivity index (χ2v) is 9.51. The van der Waals surface area contributed by atoms with Crippen LogP contribution in [0.5, 0.6) is 11.5 Å². The number of hydrogen-bond acceptors (Lipinski definition) is 4. The number of benzene rings is 6. The topological polar surface area (TPSA) is 66.8 Å². The number of phenolic OH excluding ortho intramolecular Hbond substituents is 1. The summed E-state index contributed by atoms with van der Waals surface area (Å²) in [5.74, 6) is -1.15. The molecule has 39 heavy (non-hydrogen) atoms. The van der Waals surface area contributed by atoms with E-state index in [1.54, 1.807) is 24.3 Å². The first-order valence-electron chi connectivity index (χ1n) is 12.8. The number of carbonyl (C=O) groups excluding carboxylic acids is 1. The lowest BCUT2D eigenvalue weighted by molar-refractivity contribution is -0.139. The van der Waals surface area contributed by atoms with Gasteiger partial charge in [-0.15, -0.1) is 0 Å². The first kappa shape index (κ1) is 24.4. The summed E-state index contributed by atoms with van der Waals surface area (Å²) in [6.07, 6.45) is -1.11. The zero-order valence-corrected chi connectivity index (χ0v) is 21.1. The van der Waals surface area contributed by atoms with Crippen molar-refractivity contribution in [2.45, 2.75) is 12.0 Å². The van der Waals surface area contributed by atoms with Gasteiger partial charge in [0.2, 0.25) is 0 Å². The van der Waals surface area contributed by atoms with Gasteiger partial charge in [0.25, 0.3) is 0 Å². The van der Waals surface area contributed by atoms with Crippen LogP contribution in [0.3, 0.4) is 0 Å². The summed E-state index contributed by atoms with van der Waals surface area (Å²) >= 11 is 0. The predicted octanol–water partition coefficient (Wildman–Crippen LogP) is 7.79. The average molecular weight is 511 g/mol. The summed E-state index contributed by atoms with van der Waals surface area (Å²) in [5.41, 5.74) is 2.48. The fourth-order valence-corrected chi connectivity index (χ4v) is 5.24. The fourth-order valence-electron chi connectivity index (χ4n) is 5.24. The highest BCUT2D eigenvalue weighted by atomic mass is 16.5. The Balaban J connectivity index is 1.52. The Labute approximate surface area is 226 Å². The van der Waals surface area contributed by atoms with Crippen molar-refractivity contribution in [2.24, 2.45) is 0 Å². The van der Waals surface area contributed by atoms with E-state index in [1.165, 1.54) is 0 Å². The second kappa shape index (κ2) is 10.4. The molecule has 6 aromatic carbocycles. The van der Waals surface area contributed by atoms with Crippen molar-refractivity contribution >= 4 is 27.5 Å². The summed E-state index contributed by atoms with van der Waals surface area (Å²) in [4.78, 5) is 14.0. The highest BCUT2D eigenvalue weighted by Gasteiger charge is 2.32. The van der Waals surface area contributed by atoms with Gasteiger partial charge in [-0.3, -0.25) is 4.79 Å². The molecule has 0 spiro atoms. The Bertz CT molecular complexity index is 1780. The molecule has 0 heterocycles. The minimum Gasteiger partial charge on any atom is -0.507 e. The molecule has 4 heteroatoms. The maximum atomic E-state index is 14.0. The number of fused-ring (bicyclic) bond motifs is 2. The lowest BCUT2D eigenvalue weighted by Crippen LogP contribution is -2.25. The van der Waals surface area contributed by atoms with Gasteiger partial charge in [0.05, 0.1) is 6.10 Å². The largest absolute Gasteiger partial charge is 0.507 e.